The molecule has 104 valence electrons. The van der Waals surface area contributed by atoms with Crippen LogP contribution >= 0.6 is 0 Å². The molecule has 0 spiro atoms. The minimum atomic E-state index is -4.43. The Morgan fingerprint density at radius 2 is 2.00 bits per heavy atom. The fourth-order valence-corrected chi connectivity index (χ4v) is 2.10. The Kier molecular flexibility index (Phi) is 3.43. The number of carbonyl (C=O) groups excluding carboxylic acids is 1. The van der Waals surface area contributed by atoms with Crippen molar-refractivity contribution in [1.82, 2.24) is 5.32 Å². The van der Waals surface area contributed by atoms with Gasteiger partial charge in [-0.15, -0.1) is 0 Å². The van der Waals surface area contributed by atoms with Gasteiger partial charge in [-0.3, -0.25) is 0 Å². The van der Waals surface area contributed by atoms with Crippen molar-refractivity contribution in [2.75, 3.05) is 6.61 Å². The number of hydrogen-bond donors (Lipinski definition) is 1. The van der Waals surface area contributed by atoms with Gasteiger partial charge in [0.15, 0.2) is 0 Å². The van der Waals surface area contributed by atoms with Gasteiger partial charge in [-0.05, 0) is 31.4 Å². The maximum absolute atomic E-state index is 12.9. The topological polar surface area (TPSA) is 38.3 Å². The Balaban J connectivity index is 2.29. The smallest absolute Gasteiger partial charge is 0.416 e. The van der Waals surface area contributed by atoms with Gasteiger partial charge in [0.05, 0.1) is 17.7 Å². The van der Waals surface area contributed by atoms with Crippen molar-refractivity contribution in [3.63, 3.8) is 0 Å². The molecule has 2 rings (SSSR count). The van der Waals surface area contributed by atoms with Crippen molar-refractivity contribution in [2.45, 2.75) is 31.5 Å². The number of ether oxygens (including phenoxy) is 1. The van der Waals surface area contributed by atoms with E-state index in [1.165, 1.54) is 18.2 Å². The van der Waals surface area contributed by atoms with Crippen molar-refractivity contribution in [3.05, 3.63) is 35.4 Å². The third kappa shape index (κ3) is 2.83. The summed E-state index contributed by atoms with van der Waals surface area (Å²) in [5.74, 6) is 0. The molecule has 1 aromatic carbocycles. The summed E-state index contributed by atoms with van der Waals surface area (Å²) in [6.45, 7) is 1.83. The predicted octanol–water partition coefficient (Wildman–Crippen LogP) is 3.44. The standard InChI is InChI=1S/C13H14F3NO2/c1-2-19-11(18)17-12(7-8-12)9-5-3-4-6-10(9)13(14,15)16/h3-6H,2,7-8H2,1H3,(H,17,18). The minimum absolute atomic E-state index is 0.107. The van der Waals surface area contributed by atoms with Crippen LogP contribution in [0, 0.1) is 0 Å². The van der Waals surface area contributed by atoms with Crippen LogP contribution in [0.2, 0.25) is 0 Å². The molecule has 1 aliphatic rings. The number of amides is 1. The number of alkyl carbamates (subject to hydrolysis) is 1. The molecule has 0 heterocycles. The van der Waals surface area contributed by atoms with Crippen molar-refractivity contribution in [3.8, 4) is 0 Å². The monoisotopic (exact) mass is 273 g/mol. The third-order valence-electron chi connectivity index (χ3n) is 3.11. The van der Waals surface area contributed by atoms with Gasteiger partial charge in [0, 0.05) is 0 Å². The second kappa shape index (κ2) is 4.75. The van der Waals surface area contributed by atoms with Crippen LogP contribution in [0.1, 0.15) is 30.9 Å². The fourth-order valence-electron chi connectivity index (χ4n) is 2.10. The molecule has 0 aliphatic heterocycles. The fraction of sp³-hybridized carbons (Fsp3) is 0.462. The third-order valence-corrected chi connectivity index (χ3v) is 3.11. The minimum Gasteiger partial charge on any atom is -0.450 e. The Bertz CT molecular complexity index is 481. The van der Waals surface area contributed by atoms with E-state index in [1.807, 2.05) is 0 Å². The Labute approximate surface area is 108 Å². The summed E-state index contributed by atoms with van der Waals surface area (Å²) in [6, 6.07) is 5.31. The first-order valence-corrected chi connectivity index (χ1v) is 6.01. The van der Waals surface area contributed by atoms with E-state index < -0.39 is 23.4 Å². The van der Waals surface area contributed by atoms with Gasteiger partial charge >= 0.3 is 12.3 Å². The Morgan fingerprint density at radius 3 is 2.53 bits per heavy atom. The average molecular weight is 273 g/mol. The Hall–Kier alpha value is -1.72. The number of benzene rings is 1. The molecule has 1 N–H and O–H groups in total. The quantitative estimate of drug-likeness (QED) is 0.916. The lowest BCUT2D eigenvalue weighted by atomic mass is 9.98. The zero-order valence-corrected chi connectivity index (χ0v) is 10.4. The van der Waals surface area contributed by atoms with E-state index >= 15 is 0 Å². The number of rotatable bonds is 3. The first-order valence-electron chi connectivity index (χ1n) is 6.01. The highest BCUT2D eigenvalue weighted by molar-refractivity contribution is 5.69. The summed E-state index contributed by atoms with van der Waals surface area (Å²) in [7, 11) is 0. The molecule has 0 atom stereocenters. The molecular formula is C13H14F3NO2. The number of nitrogens with one attached hydrogen (secondary N) is 1. The Morgan fingerprint density at radius 1 is 1.37 bits per heavy atom. The number of carbonyl (C=O) groups is 1. The largest absolute Gasteiger partial charge is 0.450 e. The lowest BCUT2D eigenvalue weighted by molar-refractivity contribution is -0.138. The van der Waals surface area contributed by atoms with Crippen LogP contribution in [-0.4, -0.2) is 12.7 Å². The molecule has 1 saturated carbocycles. The van der Waals surface area contributed by atoms with Crippen LogP contribution in [-0.2, 0) is 16.5 Å². The second-order valence-electron chi connectivity index (χ2n) is 4.47. The molecule has 1 aromatic rings. The van der Waals surface area contributed by atoms with Gasteiger partial charge in [0.2, 0.25) is 0 Å². The van der Waals surface area contributed by atoms with Gasteiger partial charge in [-0.25, -0.2) is 4.79 Å². The lowest BCUT2D eigenvalue weighted by Gasteiger charge is -2.21. The van der Waals surface area contributed by atoms with E-state index in [0.717, 1.165) is 6.07 Å². The van der Waals surface area contributed by atoms with Crippen LogP contribution in [0.5, 0.6) is 0 Å². The first kappa shape index (κ1) is 13.7. The molecule has 6 heteroatoms. The predicted molar refractivity (Wildman–Crippen MR) is 62.5 cm³/mol. The normalized spacial score (nSPS) is 16.8. The molecule has 0 aromatic heterocycles. The second-order valence-corrected chi connectivity index (χ2v) is 4.47. The summed E-state index contributed by atoms with van der Waals surface area (Å²) in [6.07, 6.45) is -4.14. The molecule has 1 amide bonds. The van der Waals surface area contributed by atoms with E-state index in [2.05, 4.69) is 5.32 Å². The van der Waals surface area contributed by atoms with E-state index in [1.54, 1.807) is 6.92 Å². The summed E-state index contributed by atoms with van der Waals surface area (Å²) < 4.78 is 43.6. The number of halogens is 3. The van der Waals surface area contributed by atoms with Crippen LogP contribution in [0.4, 0.5) is 18.0 Å². The van der Waals surface area contributed by atoms with Crippen LogP contribution in [0.15, 0.2) is 24.3 Å². The maximum Gasteiger partial charge on any atom is 0.416 e. The molecule has 1 fully saturated rings. The molecule has 0 saturated heterocycles. The van der Waals surface area contributed by atoms with Gasteiger partial charge in [-0.1, -0.05) is 18.2 Å². The highest BCUT2D eigenvalue weighted by Crippen LogP contribution is 2.49. The summed E-state index contributed by atoms with van der Waals surface area (Å²) in [4.78, 5) is 11.4. The van der Waals surface area contributed by atoms with Crippen LogP contribution < -0.4 is 5.32 Å². The molecule has 3 nitrogen and oxygen atoms in total. The van der Waals surface area contributed by atoms with Gasteiger partial charge in [-0.2, -0.15) is 13.2 Å². The molecule has 0 radical (unpaired) electrons. The van der Waals surface area contributed by atoms with Crippen LogP contribution in [0.25, 0.3) is 0 Å². The average Bonchev–Trinajstić information content (AvgIpc) is 3.09. The molecule has 0 unspecified atom stereocenters. The van der Waals surface area contributed by atoms with Gasteiger partial charge in [0.1, 0.15) is 0 Å². The van der Waals surface area contributed by atoms with Crippen molar-refractivity contribution < 1.29 is 22.7 Å². The summed E-state index contributed by atoms with van der Waals surface area (Å²) in [5.41, 5.74) is -1.53. The van der Waals surface area contributed by atoms with Gasteiger partial charge in [0.25, 0.3) is 0 Å². The highest BCUT2D eigenvalue weighted by atomic mass is 19.4. The van der Waals surface area contributed by atoms with E-state index in [0.29, 0.717) is 12.8 Å². The summed E-state index contributed by atoms with van der Waals surface area (Å²) >= 11 is 0. The van der Waals surface area contributed by atoms with Crippen LogP contribution in [0.3, 0.4) is 0 Å². The van der Waals surface area contributed by atoms with Crippen molar-refractivity contribution >= 4 is 6.09 Å². The highest BCUT2D eigenvalue weighted by Gasteiger charge is 2.50. The summed E-state index contributed by atoms with van der Waals surface area (Å²) in [5, 5.41) is 2.54. The molecule has 0 bridgehead atoms. The molecule has 1 aliphatic carbocycles. The SMILES string of the molecule is CCOC(=O)NC1(c2ccccc2C(F)(F)F)CC1. The lowest BCUT2D eigenvalue weighted by Crippen LogP contribution is -2.36. The van der Waals surface area contributed by atoms with Gasteiger partial charge < -0.3 is 10.1 Å². The number of alkyl halides is 3. The van der Waals surface area contributed by atoms with E-state index in [-0.39, 0.29) is 12.2 Å². The number of hydrogen-bond acceptors (Lipinski definition) is 2. The van der Waals surface area contributed by atoms with E-state index in [9.17, 15) is 18.0 Å². The first-order chi connectivity index (χ1) is 8.89. The van der Waals surface area contributed by atoms with Crippen molar-refractivity contribution in [1.29, 1.82) is 0 Å². The van der Waals surface area contributed by atoms with Crippen molar-refractivity contribution in [2.24, 2.45) is 0 Å². The zero-order valence-electron chi connectivity index (χ0n) is 10.4. The maximum atomic E-state index is 12.9. The van der Waals surface area contributed by atoms with E-state index in [4.69, 9.17) is 4.74 Å². The molecular weight excluding hydrogens is 259 g/mol. The molecule has 19 heavy (non-hydrogen) atoms. The zero-order chi connectivity index (χ0) is 14.1.